The molecular formula is C22H24N4O5S. The number of hydrogen-bond donors (Lipinski definition) is 2. The molecule has 2 fully saturated rings. The molecule has 1 saturated carbocycles. The van der Waals surface area contributed by atoms with E-state index in [1.54, 1.807) is 43.3 Å². The summed E-state index contributed by atoms with van der Waals surface area (Å²) in [5.74, 6) is -0.920. The van der Waals surface area contributed by atoms with Crippen molar-refractivity contribution in [2.24, 2.45) is 5.92 Å². The maximum atomic E-state index is 13.0. The molecule has 0 bridgehead atoms. The van der Waals surface area contributed by atoms with Crippen LogP contribution >= 0.6 is 0 Å². The number of amides is 4. The number of carbonyl (C=O) groups is 3. The minimum absolute atomic E-state index is 0.00189. The lowest BCUT2D eigenvalue weighted by Gasteiger charge is -2.21. The van der Waals surface area contributed by atoms with E-state index in [1.807, 2.05) is 0 Å². The van der Waals surface area contributed by atoms with Gasteiger partial charge in [0.05, 0.1) is 10.6 Å². The molecule has 1 heterocycles. The lowest BCUT2D eigenvalue weighted by Crippen LogP contribution is -2.46. The fourth-order valence-corrected chi connectivity index (χ4v) is 5.05. The van der Waals surface area contributed by atoms with Crippen LogP contribution in [0.3, 0.4) is 0 Å². The van der Waals surface area contributed by atoms with Gasteiger partial charge in [0.15, 0.2) is 0 Å². The van der Waals surface area contributed by atoms with E-state index in [9.17, 15) is 22.8 Å². The monoisotopic (exact) mass is 456 g/mol. The van der Waals surface area contributed by atoms with E-state index in [4.69, 9.17) is 0 Å². The summed E-state index contributed by atoms with van der Waals surface area (Å²) in [7, 11) is -2.41. The van der Waals surface area contributed by atoms with Gasteiger partial charge in [-0.2, -0.15) is 0 Å². The van der Waals surface area contributed by atoms with E-state index in [0.29, 0.717) is 5.69 Å². The molecule has 2 aliphatic rings. The Hall–Kier alpha value is -3.40. The number of anilines is 2. The molecule has 10 heteroatoms. The topological polar surface area (TPSA) is 116 Å². The van der Waals surface area contributed by atoms with Crippen molar-refractivity contribution in [2.75, 3.05) is 23.2 Å². The number of para-hydroxylation sites is 1. The number of imide groups is 1. The summed E-state index contributed by atoms with van der Waals surface area (Å²) in [6.07, 6.45) is 1.72. The second kappa shape index (κ2) is 7.94. The van der Waals surface area contributed by atoms with Crippen LogP contribution in [0.5, 0.6) is 0 Å². The Labute approximate surface area is 186 Å². The van der Waals surface area contributed by atoms with Gasteiger partial charge in [-0.05, 0) is 56.0 Å². The van der Waals surface area contributed by atoms with Crippen LogP contribution in [0, 0.1) is 5.92 Å². The molecule has 4 rings (SSSR count). The Morgan fingerprint density at radius 1 is 1.16 bits per heavy atom. The van der Waals surface area contributed by atoms with Gasteiger partial charge < -0.3 is 10.6 Å². The minimum Gasteiger partial charge on any atom is -0.324 e. The highest BCUT2D eigenvalue weighted by Crippen LogP contribution is 2.42. The number of nitrogens with one attached hydrogen (secondary N) is 2. The van der Waals surface area contributed by atoms with Gasteiger partial charge in [0, 0.05) is 12.7 Å². The first kappa shape index (κ1) is 21.8. The smallest absolute Gasteiger partial charge is 0.324 e. The maximum Gasteiger partial charge on any atom is 0.325 e. The molecule has 2 N–H and O–H groups in total. The fourth-order valence-electron chi connectivity index (χ4n) is 3.81. The number of sulfonamides is 1. The summed E-state index contributed by atoms with van der Waals surface area (Å²) in [5.41, 5.74) is -0.221. The third-order valence-electron chi connectivity index (χ3n) is 5.89. The molecule has 2 aromatic rings. The highest BCUT2D eigenvalue weighted by Gasteiger charge is 2.56. The standard InChI is InChI=1S/C22H24N4O5S/c1-22(15-11-12-15)20(28)26(21(29)24-22)14-19(27)23-16-7-6-10-18(13-16)32(30,31)25(2)17-8-4-3-5-9-17/h3-10,13,15H,11-12,14H2,1-2H3,(H,23,27)(H,24,29)/t22-/m0/s1. The Morgan fingerprint density at radius 3 is 2.50 bits per heavy atom. The summed E-state index contributed by atoms with van der Waals surface area (Å²) >= 11 is 0. The van der Waals surface area contributed by atoms with Gasteiger partial charge in [-0.25, -0.2) is 13.2 Å². The van der Waals surface area contributed by atoms with Crippen molar-refractivity contribution in [1.29, 1.82) is 0 Å². The maximum absolute atomic E-state index is 13.0. The first-order valence-corrected chi connectivity index (χ1v) is 11.6. The highest BCUT2D eigenvalue weighted by molar-refractivity contribution is 7.92. The van der Waals surface area contributed by atoms with Gasteiger partial charge in [-0.3, -0.25) is 18.8 Å². The van der Waals surface area contributed by atoms with Crippen molar-refractivity contribution in [3.8, 4) is 0 Å². The molecule has 1 saturated heterocycles. The molecule has 168 valence electrons. The van der Waals surface area contributed by atoms with Crippen molar-refractivity contribution >= 4 is 39.2 Å². The average Bonchev–Trinajstić information content (AvgIpc) is 3.60. The van der Waals surface area contributed by atoms with E-state index in [1.165, 1.54) is 25.2 Å². The quantitative estimate of drug-likeness (QED) is 0.620. The van der Waals surface area contributed by atoms with Crippen LogP contribution in [0.2, 0.25) is 0 Å². The van der Waals surface area contributed by atoms with Crippen molar-refractivity contribution in [1.82, 2.24) is 10.2 Å². The summed E-state index contributed by atoms with van der Waals surface area (Å²) in [4.78, 5) is 38.4. The van der Waals surface area contributed by atoms with Crippen LogP contribution in [0.4, 0.5) is 16.2 Å². The molecule has 32 heavy (non-hydrogen) atoms. The zero-order valence-electron chi connectivity index (χ0n) is 17.7. The molecule has 0 radical (unpaired) electrons. The lowest BCUT2D eigenvalue weighted by atomic mass is 9.96. The summed E-state index contributed by atoms with van der Waals surface area (Å²) in [5, 5.41) is 5.27. The van der Waals surface area contributed by atoms with E-state index in [2.05, 4.69) is 10.6 Å². The molecule has 0 spiro atoms. The Morgan fingerprint density at radius 2 is 1.84 bits per heavy atom. The normalized spacial score (nSPS) is 20.8. The van der Waals surface area contributed by atoms with Gasteiger partial charge in [-0.15, -0.1) is 0 Å². The van der Waals surface area contributed by atoms with Crippen LogP contribution in [-0.2, 0) is 19.6 Å². The van der Waals surface area contributed by atoms with Gasteiger partial charge in [-0.1, -0.05) is 24.3 Å². The van der Waals surface area contributed by atoms with Crippen LogP contribution in [0.1, 0.15) is 19.8 Å². The molecule has 9 nitrogen and oxygen atoms in total. The average molecular weight is 457 g/mol. The minimum atomic E-state index is -3.85. The predicted molar refractivity (Wildman–Crippen MR) is 118 cm³/mol. The van der Waals surface area contributed by atoms with E-state index < -0.39 is 40.0 Å². The summed E-state index contributed by atoms with van der Waals surface area (Å²) < 4.78 is 27.1. The van der Waals surface area contributed by atoms with E-state index >= 15 is 0 Å². The largest absolute Gasteiger partial charge is 0.325 e. The summed E-state index contributed by atoms with van der Waals surface area (Å²) in [6.45, 7) is 1.23. The van der Waals surface area contributed by atoms with Crippen LogP contribution in [0.15, 0.2) is 59.5 Å². The predicted octanol–water partition coefficient (Wildman–Crippen LogP) is 2.17. The van der Waals surface area contributed by atoms with Crippen LogP contribution in [-0.4, -0.2) is 50.3 Å². The number of urea groups is 1. The van der Waals surface area contributed by atoms with Gasteiger partial charge in [0.1, 0.15) is 12.1 Å². The third-order valence-corrected chi connectivity index (χ3v) is 7.67. The first-order valence-electron chi connectivity index (χ1n) is 10.2. The van der Waals surface area contributed by atoms with Crippen LogP contribution in [0.25, 0.3) is 0 Å². The van der Waals surface area contributed by atoms with Gasteiger partial charge in [0.25, 0.3) is 15.9 Å². The van der Waals surface area contributed by atoms with Crippen molar-refractivity contribution in [3.63, 3.8) is 0 Å². The van der Waals surface area contributed by atoms with E-state index in [-0.39, 0.29) is 16.5 Å². The molecule has 0 aromatic heterocycles. The SMILES string of the molecule is CN(c1ccccc1)S(=O)(=O)c1cccc(NC(=O)CN2C(=O)N[C@@](C)(C3CC3)C2=O)c1. The van der Waals surface area contributed by atoms with Gasteiger partial charge >= 0.3 is 6.03 Å². The van der Waals surface area contributed by atoms with Crippen molar-refractivity contribution in [3.05, 3.63) is 54.6 Å². The summed E-state index contributed by atoms with van der Waals surface area (Å²) in [6, 6.07) is 13.9. The van der Waals surface area contributed by atoms with E-state index in [0.717, 1.165) is 22.0 Å². The Kier molecular flexibility index (Phi) is 5.41. The molecule has 1 aliphatic carbocycles. The van der Waals surface area contributed by atoms with Crippen LogP contribution < -0.4 is 14.9 Å². The number of hydrogen-bond acceptors (Lipinski definition) is 5. The zero-order valence-corrected chi connectivity index (χ0v) is 18.6. The molecule has 1 atom stereocenters. The third kappa shape index (κ3) is 3.93. The molecule has 0 unspecified atom stereocenters. The second-order valence-corrected chi connectivity index (χ2v) is 10.2. The van der Waals surface area contributed by atoms with Gasteiger partial charge in [0.2, 0.25) is 5.91 Å². The van der Waals surface area contributed by atoms with Crippen molar-refractivity contribution < 1.29 is 22.8 Å². The zero-order chi connectivity index (χ0) is 23.1. The number of rotatable bonds is 7. The number of carbonyl (C=O) groups excluding carboxylic acids is 3. The van der Waals surface area contributed by atoms with Crippen molar-refractivity contribution in [2.45, 2.75) is 30.2 Å². The lowest BCUT2D eigenvalue weighted by molar-refractivity contribution is -0.134. The second-order valence-electron chi connectivity index (χ2n) is 8.18. The Balaban J connectivity index is 1.47. The molecular weight excluding hydrogens is 432 g/mol. The molecule has 2 aromatic carbocycles. The highest BCUT2D eigenvalue weighted by atomic mass is 32.2. The molecule has 1 aliphatic heterocycles. The number of nitrogens with zero attached hydrogens (tertiary/aromatic N) is 2. The number of benzene rings is 2. The fraction of sp³-hybridized carbons (Fsp3) is 0.318. The first-order chi connectivity index (χ1) is 15.1. The Bertz CT molecular complexity index is 1180. The molecule has 4 amide bonds.